The number of carbonyl (C=O) groups excluding carboxylic acids is 2. The lowest BCUT2D eigenvalue weighted by Crippen LogP contribution is -2.41. The van der Waals surface area contributed by atoms with Crippen molar-refractivity contribution in [3.8, 4) is 17.2 Å². The molecule has 2 aliphatic heterocycles. The minimum atomic E-state index is -0.925. The van der Waals surface area contributed by atoms with Crippen LogP contribution in [-0.4, -0.2) is 50.9 Å². The number of anilines is 1. The fourth-order valence-corrected chi connectivity index (χ4v) is 6.59. The van der Waals surface area contributed by atoms with E-state index in [1.54, 1.807) is 30.9 Å². The molecule has 3 aromatic rings. The van der Waals surface area contributed by atoms with Crippen LogP contribution in [0.5, 0.6) is 17.2 Å². The highest BCUT2D eigenvalue weighted by Gasteiger charge is 2.38. The summed E-state index contributed by atoms with van der Waals surface area (Å²) in [6.45, 7) is 6.18. The summed E-state index contributed by atoms with van der Waals surface area (Å²) < 4.78 is 23.8. The molecule has 2 aromatic carbocycles. The van der Waals surface area contributed by atoms with Gasteiger partial charge in [-0.2, -0.15) is 0 Å². The van der Waals surface area contributed by atoms with Crippen molar-refractivity contribution in [3.63, 3.8) is 0 Å². The van der Waals surface area contributed by atoms with Gasteiger partial charge in [-0.05, 0) is 44.0 Å². The maximum absolute atomic E-state index is 14.4. The quantitative estimate of drug-likeness (QED) is 0.351. The number of benzene rings is 2. The van der Waals surface area contributed by atoms with E-state index < -0.39 is 17.6 Å². The molecule has 0 bridgehead atoms. The van der Waals surface area contributed by atoms with Crippen LogP contribution >= 0.6 is 11.3 Å². The number of ether oxygens (including phenoxy) is 4. The third kappa shape index (κ3) is 4.67. The number of hydrogen-bond acceptors (Lipinski definition) is 9. The van der Waals surface area contributed by atoms with Crippen molar-refractivity contribution in [1.82, 2.24) is 4.57 Å². The lowest BCUT2D eigenvalue weighted by atomic mass is 9.95. The van der Waals surface area contributed by atoms with Crippen molar-refractivity contribution in [2.24, 2.45) is 4.99 Å². The number of aromatic nitrogens is 1. The highest BCUT2D eigenvalue weighted by molar-refractivity contribution is 7.07. The fraction of sp³-hybridized carbons (Fsp3) is 0.355. The number of rotatable bonds is 9. The molecule has 0 unspecified atom stereocenters. The summed E-state index contributed by atoms with van der Waals surface area (Å²) in [5.74, 6) is 0.281. The van der Waals surface area contributed by atoms with Gasteiger partial charge in [-0.15, -0.1) is 0 Å². The van der Waals surface area contributed by atoms with E-state index in [1.165, 1.54) is 25.9 Å². The van der Waals surface area contributed by atoms with Crippen LogP contribution < -0.4 is 34.0 Å². The molecule has 0 saturated carbocycles. The first-order chi connectivity index (χ1) is 20.3. The van der Waals surface area contributed by atoms with Crippen LogP contribution in [0.4, 0.5) is 5.69 Å². The van der Waals surface area contributed by atoms with Gasteiger partial charge in [0.25, 0.3) is 11.5 Å². The van der Waals surface area contributed by atoms with Crippen LogP contribution in [0, 0.1) is 0 Å². The van der Waals surface area contributed by atoms with E-state index in [-0.39, 0.29) is 22.6 Å². The van der Waals surface area contributed by atoms with E-state index in [0.717, 1.165) is 29.9 Å². The summed E-state index contributed by atoms with van der Waals surface area (Å²) in [5.41, 5.74) is 2.54. The van der Waals surface area contributed by atoms with Crippen molar-refractivity contribution >= 4 is 34.5 Å². The Bertz CT molecular complexity index is 1760. The number of para-hydroxylation sites is 1. The summed E-state index contributed by atoms with van der Waals surface area (Å²) in [6.07, 6.45) is 1.76. The van der Waals surface area contributed by atoms with Crippen molar-refractivity contribution < 1.29 is 28.5 Å². The Labute approximate surface area is 247 Å². The van der Waals surface area contributed by atoms with Crippen LogP contribution in [0.15, 0.2) is 57.5 Å². The zero-order chi connectivity index (χ0) is 30.1. The number of hydrogen-bond donors (Lipinski definition) is 0. The number of carbonyl (C=O) groups is 2. The zero-order valence-electron chi connectivity index (χ0n) is 24.5. The predicted octanol–water partition coefficient (Wildman–Crippen LogP) is 3.34. The Kier molecular flexibility index (Phi) is 8.22. The maximum atomic E-state index is 14.4. The first-order valence-corrected chi connectivity index (χ1v) is 14.6. The molecule has 3 heterocycles. The number of thiazole rings is 1. The number of methoxy groups -OCH3 is 3. The average Bonchev–Trinajstić information content (AvgIpc) is 3.46. The zero-order valence-corrected chi connectivity index (χ0v) is 25.3. The van der Waals surface area contributed by atoms with Crippen molar-refractivity contribution in [3.05, 3.63) is 78.5 Å². The Morgan fingerprint density at radius 2 is 1.71 bits per heavy atom. The Hall–Kier alpha value is -4.38. The molecule has 0 spiro atoms. The van der Waals surface area contributed by atoms with Crippen LogP contribution in [0.2, 0.25) is 0 Å². The highest BCUT2D eigenvalue weighted by Crippen LogP contribution is 2.42. The predicted molar refractivity (Wildman–Crippen MR) is 159 cm³/mol. The van der Waals surface area contributed by atoms with E-state index in [0.29, 0.717) is 51.0 Å². The number of fused-ring (bicyclic) bond motifs is 2. The van der Waals surface area contributed by atoms with Gasteiger partial charge >= 0.3 is 5.97 Å². The van der Waals surface area contributed by atoms with E-state index in [9.17, 15) is 14.4 Å². The van der Waals surface area contributed by atoms with Crippen LogP contribution in [0.3, 0.4) is 0 Å². The molecule has 5 rings (SSSR count). The molecule has 42 heavy (non-hydrogen) atoms. The van der Waals surface area contributed by atoms with Gasteiger partial charge in [0.2, 0.25) is 5.75 Å². The van der Waals surface area contributed by atoms with Gasteiger partial charge in [-0.25, -0.2) is 9.79 Å². The first kappa shape index (κ1) is 29.1. The minimum Gasteiger partial charge on any atom is -0.493 e. The van der Waals surface area contributed by atoms with Gasteiger partial charge < -0.3 is 23.8 Å². The minimum absolute atomic E-state index is 0.144. The van der Waals surface area contributed by atoms with Gasteiger partial charge in [0.1, 0.15) is 4.53 Å². The maximum Gasteiger partial charge on any atom is 0.338 e. The first-order valence-electron chi connectivity index (χ1n) is 13.7. The molecular weight excluding hydrogens is 558 g/mol. The molecule has 1 atom stereocenters. The van der Waals surface area contributed by atoms with Crippen LogP contribution in [0.25, 0.3) is 5.57 Å². The SMILES string of the molecule is CCCCN1C(=O)/C(=c2/sc3n(c2=O)[C@@H](c2cc(OC)c(OC)c(OC)c2)C(C(=O)OCC)=C(C)N=3)c2ccccc21. The van der Waals surface area contributed by atoms with Gasteiger partial charge in [-0.3, -0.25) is 14.2 Å². The molecule has 1 amide bonds. The topological polar surface area (TPSA) is 109 Å². The second-order valence-corrected chi connectivity index (χ2v) is 10.8. The molecule has 0 aliphatic carbocycles. The van der Waals surface area contributed by atoms with E-state index in [1.807, 2.05) is 24.3 Å². The third-order valence-corrected chi connectivity index (χ3v) is 8.43. The van der Waals surface area contributed by atoms with Gasteiger partial charge in [-0.1, -0.05) is 42.9 Å². The van der Waals surface area contributed by atoms with Crippen molar-refractivity contribution in [2.45, 2.75) is 39.7 Å². The Morgan fingerprint density at radius 1 is 1.02 bits per heavy atom. The van der Waals surface area contributed by atoms with Gasteiger partial charge in [0, 0.05) is 12.1 Å². The second-order valence-electron chi connectivity index (χ2n) is 9.78. The largest absolute Gasteiger partial charge is 0.493 e. The summed E-state index contributed by atoms with van der Waals surface area (Å²) in [6, 6.07) is 9.97. The molecule has 0 saturated heterocycles. The standard InChI is InChI=1S/C31H33N3O7S/c1-7-9-14-33-20-13-11-10-12-19(20)24(28(33)35)27-29(36)34-25(18-15-21(38-4)26(40-6)22(16-18)39-5)23(30(37)41-8-2)17(3)32-31(34)42-27/h10-13,15-16,25H,7-9,14H2,1-6H3/b27-24+/t25-/m0/s1. The van der Waals surface area contributed by atoms with E-state index >= 15 is 0 Å². The molecule has 0 radical (unpaired) electrons. The van der Waals surface area contributed by atoms with Gasteiger partial charge in [0.05, 0.1) is 56.5 Å². The Balaban J connectivity index is 1.82. The number of amides is 1. The molecule has 2 aliphatic rings. The van der Waals surface area contributed by atoms with E-state index in [4.69, 9.17) is 18.9 Å². The molecule has 220 valence electrons. The summed E-state index contributed by atoms with van der Waals surface area (Å²) in [5, 5.41) is 0. The number of nitrogens with zero attached hydrogens (tertiary/aromatic N) is 3. The van der Waals surface area contributed by atoms with Gasteiger partial charge in [0.15, 0.2) is 16.3 Å². The van der Waals surface area contributed by atoms with Crippen molar-refractivity contribution in [1.29, 1.82) is 0 Å². The van der Waals surface area contributed by atoms with Crippen LogP contribution in [0.1, 0.15) is 50.8 Å². The smallest absolute Gasteiger partial charge is 0.338 e. The molecule has 1 aromatic heterocycles. The average molecular weight is 592 g/mol. The second kappa shape index (κ2) is 11.8. The highest BCUT2D eigenvalue weighted by atomic mass is 32.1. The number of unbranched alkanes of at least 4 members (excludes halogenated alkanes) is 1. The number of allylic oxidation sites excluding steroid dienone is 1. The molecule has 0 N–H and O–H groups in total. The van der Waals surface area contributed by atoms with E-state index in [2.05, 4.69) is 11.9 Å². The third-order valence-electron chi connectivity index (χ3n) is 7.38. The molecule has 10 nitrogen and oxygen atoms in total. The summed E-state index contributed by atoms with van der Waals surface area (Å²) in [4.78, 5) is 48.3. The molecular formula is C31H33N3O7S. The summed E-state index contributed by atoms with van der Waals surface area (Å²) >= 11 is 1.14. The molecule has 11 heteroatoms. The number of esters is 1. The lowest BCUT2D eigenvalue weighted by molar-refractivity contribution is -0.139. The summed E-state index contributed by atoms with van der Waals surface area (Å²) in [7, 11) is 4.49. The molecule has 0 fully saturated rings. The fourth-order valence-electron chi connectivity index (χ4n) is 5.45. The lowest BCUT2D eigenvalue weighted by Gasteiger charge is -2.26. The Morgan fingerprint density at radius 3 is 2.33 bits per heavy atom. The monoisotopic (exact) mass is 591 g/mol. The van der Waals surface area contributed by atoms with Crippen LogP contribution in [-0.2, 0) is 14.3 Å². The van der Waals surface area contributed by atoms with Crippen molar-refractivity contribution in [2.75, 3.05) is 39.4 Å². The normalized spacial score (nSPS) is 17.0.